The van der Waals surface area contributed by atoms with Crippen LogP contribution in [0.4, 0.5) is 5.69 Å². The Morgan fingerprint density at radius 3 is 2.82 bits per heavy atom. The Morgan fingerprint density at radius 1 is 1.18 bits per heavy atom. The van der Waals surface area contributed by atoms with Gasteiger partial charge in [0.1, 0.15) is 11.5 Å². The van der Waals surface area contributed by atoms with Gasteiger partial charge in [-0.05, 0) is 56.2 Å². The van der Waals surface area contributed by atoms with Crippen LogP contribution in [0, 0.1) is 0 Å². The quantitative estimate of drug-likeness (QED) is 0.349. The van der Waals surface area contributed by atoms with Crippen molar-refractivity contribution in [2.45, 2.75) is 43.3 Å². The zero-order valence-electron chi connectivity index (χ0n) is 19.3. The zero-order chi connectivity index (χ0) is 23.7. The van der Waals surface area contributed by atoms with Gasteiger partial charge >= 0.3 is 0 Å². The highest BCUT2D eigenvalue weighted by molar-refractivity contribution is 8.00. The van der Waals surface area contributed by atoms with E-state index in [0.717, 1.165) is 29.2 Å². The second-order valence-electron chi connectivity index (χ2n) is 8.35. The molecule has 0 bridgehead atoms. The normalized spacial score (nSPS) is 15.9. The van der Waals surface area contributed by atoms with E-state index >= 15 is 0 Å². The maximum atomic E-state index is 13.5. The highest BCUT2D eigenvalue weighted by Crippen LogP contribution is 2.35. The van der Waals surface area contributed by atoms with Crippen LogP contribution in [-0.4, -0.2) is 39.1 Å². The first kappa shape index (κ1) is 22.3. The summed E-state index contributed by atoms with van der Waals surface area (Å²) in [5.41, 5.74) is 3.09. The van der Waals surface area contributed by atoms with E-state index in [1.54, 1.807) is 13.4 Å². The molecule has 0 N–H and O–H groups in total. The lowest BCUT2D eigenvalue weighted by Crippen LogP contribution is -2.40. The van der Waals surface area contributed by atoms with Gasteiger partial charge in [0.25, 0.3) is 0 Å². The van der Waals surface area contributed by atoms with Crippen molar-refractivity contribution in [3.8, 4) is 17.1 Å². The lowest BCUT2D eigenvalue weighted by atomic mass is 10.1. The molecule has 2 atom stereocenters. The van der Waals surface area contributed by atoms with Crippen molar-refractivity contribution < 1.29 is 13.9 Å². The number of nitrogens with zero attached hydrogens (tertiary/aromatic N) is 4. The monoisotopic (exact) mass is 474 g/mol. The van der Waals surface area contributed by atoms with E-state index in [0.29, 0.717) is 17.5 Å². The number of hydrogen-bond acceptors (Lipinski definition) is 6. The van der Waals surface area contributed by atoms with E-state index in [4.69, 9.17) is 9.15 Å². The topological polar surface area (TPSA) is 73.4 Å². The molecule has 5 rings (SSSR count). The number of fused-ring (bicyclic) bond motifs is 1. The third kappa shape index (κ3) is 4.21. The van der Waals surface area contributed by atoms with Crippen LogP contribution in [0.15, 0.2) is 76.5 Å². The molecular formula is C26H26N4O3S. The van der Waals surface area contributed by atoms with E-state index in [2.05, 4.69) is 23.2 Å². The third-order valence-electron chi connectivity index (χ3n) is 6.01. The summed E-state index contributed by atoms with van der Waals surface area (Å²) in [4.78, 5) is 15.4. The molecule has 2 aromatic heterocycles. The van der Waals surface area contributed by atoms with Gasteiger partial charge in [0.2, 0.25) is 5.91 Å². The largest absolute Gasteiger partial charge is 0.497 e. The highest BCUT2D eigenvalue weighted by atomic mass is 32.2. The maximum absolute atomic E-state index is 13.5. The average Bonchev–Trinajstić information content (AvgIpc) is 3.58. The summed E-state index contributed by atoms with van der Waals surface area (Å²) in [6.45, 7) is 4.48. The molecule has 34 heavy (non-hydrogen) atoms. The Bertz CT molecular complexity index is 1300. The van der Waals surface area contributed by atoms with Gasteiger partial charge in [-0.15, -0.1) is 10.2 Å². The SMILES string of the molecule is COc1cccc(-c2nnc(SC(C)C(=O)N3c4ccccc4CC3C)n2Cc2ccco2)c1. The molecule has 1 aliphatic rings. The first-order valence-electron chi connectivity index (χ1n) is 11.2. The molecule has 1 aliphatic heterocycles. The van der Waals surface area contributed by atoms with Crippen molar-refractivity contribution in [3.63, 3.8) is 0 Å². The number of hydrogen-bond donors (Lipinski definition) is 0. The van der Waals surface area contributed by atoms with Crippen LogP contribution in [0.5, 0.6) is 5.75 Å². The van der Waals surface area contributed by atoms with E-state index in [9.17, 15) is 4.79 Å². The molecule has 0 saturated carbocycles. The van der Waals surface area contributed by atoms with Crippen molar-refractivity contribution in [2.75, 3.05) is 12.0 Å². The van der Waals surface area contributed by atoms with E-state index in [1.165, 1.54) is 17.3 Å². The van der Waals surface area contributed by atoms with Crippen LogP contribution in [0.2, 0.25) is 0 Å². The van der Waals surface area contributed by atoms with Crippen molar-refractivity contribution in [1.29, 1.82) is 0 Å². The smallest absolute Gasteiger partial charge is 0.240 e. The van der Waals surface area contributed by atoms with Crippen molar-refractivity contribution in [3.05, 3.63) is 78.3 Å². The summed E-state index contributed by atoms with van der Waals surface area (Å²) in [5, 5.41) is 9.26. The van der Waals surface area contributed by atoms with Crippen molar-refractivity contribution in [1.82, 2.24) is 14.8 Å². The molecule has 0 fully saturated rings. The van der Waals surface area contributed by atoms with Crippen LogP contribution in [0.3, 0.4) is 0 Å². The highest BCUT2D eigenvalue weighted by Gasteiger charge is 2.34. The number of para-hydroxylation sites is 1. The number of anilines is 1. The summed E-state index contributed by atoms with van der Waals surface area (Å²) in [7, 11) is 1.64. The molecule has 2 unspecified atom stereocenters. The maximum Gasteiger partial charge on any atom is 0.240 e. The first-order valence-corrected chi connectivity index (χ1v) is 12.1. The summed E-state index contributed by atoms with van der Waals surface area (Å²) in [6, 6.07) is 19.7. The number of amides is 1. The second kappa shape index (κ2) is 9.38. The lowest BCUT2D eigenvalue weighted by Gasteiger charge is -2.25. The zero-order valence-corrected chi connectivity index (χ0v) is 20.2. The standard InChI is InChI=1S/C26H26N4O3S/c1-17-14-19-8-4-5-12-23(19)30(17)25(31)18(2)34-26-28-27-24(20-9-6-10-21(15-20)32-3)29(26)16-22-11-7-13-33-22/h4-13,15,17-18H,14,16H2,1-3H3. The number of furan rings is 1. The molecule has 0 spiro atoms. The minimum atomic E-state index is -0.341. The molecule has 3 heterocycles. The molecule has 174 valence electrons. The van der Waals surface area contributed by atoms with Gasteiger partial charge in [-0.1, -0.05) is 42.1 Å². The van der Waals surface area contributed by atoms with Gasteiger partial charge in [-0.2, -0.15) is 0 Å². The van der Waals surface area contributed by atoms with E-state index in [1.807, 2.05) is 71.0 Å². The fourth-order valence-electron chi connectivity index (χ4n) is 4.36. The number of carbonyl (C=O) groups is 1. The van der Waals surface area contributed by atoms with Gasteiger partial charge in [0.05, 0.1) is 25.2 Å². The number of benzene rings is 2. The van der Waals surface area contributed by atoms with E-state index < -0.39 is 0 Å². The number of methoxy groups -OCH3 is 1. The van der Waals surface area contributed by atoms with Crippen LogP contribution >= 0.6 is 11.8 Å². The van der Waals surface area contributed by atoms with Gasteiger partial charge < -0.3 is 14.1 Å². The first-order chi connectivity index (χ1) is 16.5. The van der Waals surface area contributed by atoms with Crippen LogP contribution in [0.25, 0.3) is 11.4 Å². The molecule has 7 nitrogen and oxygen atoms in total. The van der Waals surface area contributed by atoms with Crippen molar-refractivity contribution >= 4 is 23.4 Å². The Kier molecular flexibility index (Phi) is 6.15. The average molecular weight is 475 g/mol. The number of carbonyl (C=O) groups excluding carboxylic acids is 1. The van der Waals surface area contributed by atoms with Crippen molar-refractivity contribution in [2.24, 2.45) is 0 Å². The predicted octanol–water partition coefficient (Wildman–Crippen LogP) is 5.05. The fraction of sp³-hybridized carbons (Fsp3) is 0.269. The number of thioether (sulfide) groups is 1. The summed E-state index contributed by atoms with van der Waals surface area (Å²) >= 11 is 1.41. The van der Waals surface area contributed by atoms with Gasteiger partial charge in [0.15, 0.2) is 11.0 Å². The second-order valence-corrected chi connectivity index (χ2v) is 9.66. The molecule has 2 aromatic carbocycles. The molecule has 0 radical (unpaired) electrons. The molecule has 1 amide bonds. The fourth-order valence-corrected chi connectivity index (χ4v) is 5.26. The summed E-state index contributed by atoms with van der Waals surface area (Å²) < 4.78 is 13.0. The van der Waals surface area contributed by atoms with E-state index in [-0.39, 0.29) is 17.2 Å². The minimum Gasteiger partial charge on any atom is -0.497 e. The molecule has 4 aromatic rings. The third-order valence-corrected chi connectivity index (χ3v) is 7.08. The Labute approximate surface area is 202 Å². The van der Waals surface area contributed by atoms with Crippen LogP contribution in [-0.2, 0) is 17.8 Å². The lowest BCUT2D eigenvalue weighted by molar-refractivity contribution is -0.118. The number of aromatic nitrogens is 3. The molecule has 0 aliphatic carbocycles. The Hall–Kier alpha value is -3.52. The van der Waals surface area contributed by atoms with Gasteiger partial charge in [-0.3, -0.25) is 9.36 Å². The Morgan fingerprint density at radius 2 is 2.03 bits per heavy atom. The number of ether oxygens (including phenoxy) is 1. The minimum absolute atomic E-state index is 0.0675. The predicted molar refractivity (Wildman–Crippen MR) is 132 cm³/mol. The molecular weight excluding hydrogens is 448 g/mol. The summed E-state index contributed by atoms with van der Waals surface area (Å²) in [5.74, 6) is 2.28. The van der Waals surface area contributed by atoms with Crippen LogP contribution in [0.1, 0.15) is 25.2 Å². The molecule has 8 heteroatoms. The number of rotatable bonds is 7. The van der Waals surface area contributed by atoms with Gasteiger partial charge in [0, 0.05) is 17.3 Å². The van der Waals surface area contributed by atoms with Gasteiger partial charge in [-0.25, -0.2) is 0 Å². The molecule has 0 saturated heterocycles. The summed E-state index contributed by atoms with van der Waals surface area (Å²) in [6.07, 6.45) is 2.52. The Balaban J connectivity index is 1.45. The van der Waals surface area contributed by atoms with Crippen LogP contribution < -0.4 is 9.64 Å².